The fourth-order valence-corrected chi connectivity index (χ4v) is 2.14. The predicted molar refractivity (Wildman–Crippen MR) is 53.2 cm³/mol. The SMILES string of the molecule is C=CC(N1C(=N)N(C)CC1=O)P(=O)(O)O. The molecule has 8 heteroatoms. The van der Waals surface area contributed by atoms with Gasteiger partial charge in [-0.1, -0.05) is 6.08 Å². The van der Waals surface area contributed by atoms with E-state index in [1.54, 1.807) is 0 Å². The highest BCUT2D eigenvalue weighted by Crippen LogP contribution is 2.44. The molecule has 7 nitrogen and oxygen atoms in total. The molecule has 0 aromatic rings. The van der Waals surface area contributed by atoms with Gasteiger partial charge in [0.05, 0.1) is 0 Å². The third-order valence-corrected chi connectivity index (χ3v) is 3.18. The highest BCUT2D eigenvalue weighted by molar-refractivity contribution is 7.52. The molecule has 1 heterocycles. The highest BCUT2D eigenvalue weighted by Gasteiger charge is 2.42. The quantitative estimate of drug-likeness (QED) is 0.445. The molecule has 1 amide bonds. The van der Waals surface area contributed by atoms with Gasteiger partial charge in [0.2, 0.25) is 11.9 Å². The largest absolute Gasteiger partial charge is 0.352 e. The Bertz CT molecular complexity index is 363. The fourth-order valence-electron chi connectivity index (χ4n) is 1.32. The summed E-state index contributed by atoms with van der Waals surface area (Å²) < 4.78 is 11.1. The minimum atomic E-state index is -4.51. The van der Waals surface area contributed by atoms with Gasteiger partial charge < -0.3 is 14.7 Å². The lowest BCUT2D eigenvalue weighted by atomic mass is 10.5. The number of carbonyl (C=O) groups excluding carboxylic acids is 1. The first-order valence-corrected chi connectivity index (χ1v) is 5.76. The van der Waals surface area contributed by atoms with Gasteiger partial charge in [0.1, 0.15) is 6.54 Å². The average molecular weight is 233 g/mol. The second-order valence-corrected chi connectivity index (χ2v) is 4.89. The molecule has 3 N–H and O–H groups in total. The topological polar surface area (TPSA) is 105 Å². The Morgan fingerprint density at radius 1 is 1.67 bits per heavy atom. The van der Waals surface area contributed by atoms with Crippen LogP contribution in [0.3, 0.4) is 0 Å². The maximum Gasteiger partial charge on any atom is 0.352 e. The Labute approximate surface area is 86.7 Å². The fraction of sp³-hybridized carbons (Fsp3) is 0.429. The van der Waals surface area contributed by atoms with Crippen LogP contribution in [0.5, 0.6) is 0 Å². The minimum absolute atomic E-state index is 0.0524. The van der Waals surface area contributed by atoms with E-state index in [0.717, 1.165) is 11.0 Å². The van der Waals surface area contributed by atoms with Gasteiger partial charge in [-0.25, -0.2) is 0 Å². The number of amides is 1. The number of hydrogen-bond donors (Lipinski definition) is 3. The Morgan fingerprint density at radius 2 is 2.20 bits per heavy atom. The first-order valence-electron chi connectivity index (χ1n) is 4.08. The van der Waals surface area contributed by atoms with E-state index in [0.29, 0.717) is 0 Å². The van der Waals surface area contributed by atoms with Gasteiger partial charge in [0, 0.05) is 7.05 Å². The number of carbonyl (C=O) groups is 1. The number of guanidine groups is 1. The zero-order valence-electron chi connectivity index (χ0n) is 8.12. The van der Waals surface area contributed by atoms with Crippen molar-refractivity contribution < 1.29 is 19.1 Å². The molecule has 15 heavy (non-hydrogen) atoms. The standard InChI is InChI=1S/C7H12N3O4P/c1-3-6(15(12,13)14)10-5(11)4-9(2)7(10)8/h3,6,8H,1,4H2,2H3,(H2,12,13,14). The molecule has 1 aliphatic heterocycles. The van der Waals surface area contributed by atoms with E-state index in [9.17, 15) is 9.36 Å². The number of nitrogens with zero attached hydrogens (tertiary/aromatic N) is 2. The molecule has 0 saturated carbocycles. The van der Waals surface area contributed by atoms with Crippen molar-refractivity contribution in [1.82, 2.24) is 9.80 Å². The summed E-state index contributed by atoms with van der Waals surface area (Å²) in [6.07, 6.45) is 0.979. The van der Waals surface area contributed by atoms with Crippen LogP contribution in [0.4, 0.5) is 0 Å². The summed E-state index contributed by atoms with van der Waals surface area (Å²) in [6, 6.07) is 0. The van der Waals surface area contributed by atoms with Crippen molar-refractivity contribution in [2.75, 3.05) is 13.6 Å². The molecule has 1 fully saturated rings. The maximum absolute atomic E-state index is 11.4. The van der Waals surface area contributed by atoms with Crippen molar-refractivity contribution >= 4 is 19.5 Å². The normalized spacial score (nSPS) is 19.7. The number of rotatable bonds is 3. The molecule has 1 aliphatic rings. The van der Waals surface area contributed by atoms with Gasteiger partial charge in [0.25, 0.3) is 0 Å². The lowest BCUT2D eigenvalue weighted by molar-refractivity contribution is -0.125. The maximum atomic E-state index is 11.4. The first kappa shape index (κ1) is 11.9. The molecule has 0 aromatic heterocycles. The Balaban J connectivity index is 3.06. The molecule has 1 unspecified atom stereocenters. The van der Waals surface area contributed by atoms with Crippen LogP contribution in [-0.4, -0.2) is 50.8 Å². The van der Waals surface area contributed by atoms with Gasteiger partial charge >= 0.3 is 7.60 Å². The molecule has 0 aromatic carbocycles. The van der Waals surface area contributed by atoms with Crippen LogP contribution in [0.1, 0.15) is 0 Å². The number of nitrogens with one attached hydrogen (secondary N) is 1. The smallest absolute Gasteiger partial charge is 0.336 e. The molecule has 0 radical (unpaired) electrons. The molecule has 0 aliphatic carbocycles. The van der Waals surface area contributed by atoms with E-state index in [1.165, 1.54) is 11.9 Å². The van der Waals surface area contributed by atoms with Gasteiger partial charge in [-0.2, -0.15) is 0 Å². The van der Waals surface area contributed by atoms with E-state index >= 15 is 0 Å². The second kappa shape index (κ2) is 3.77. The summed E-state index contributed by atoms with van der Waals surface area (Å²) in [5, 5.41) is 7.50. The first-order chi connectivity index (χ1) is 6.79. The Kier molecular flexibility index (Phi) is 2.99. The van der Waals surface area contributed by atoms with E-state index in [1.807, 2.05) is 0 Å². The van der Waals surface area contributed by atoms with Crippen molar-refractivity contribution in [3.05, 3.63) is 12.7 Å². The Hall–Kier alpha value is -1.17. The third-order valence-electron chi connectivity index (χ3n) is 2.05. The van der Waals surface area contributed by atoms with Crippen LogP contribution in [0.15, 0.2) is 12.7 Å². The molecule has 1 rings (SSSR count). The summed E-state index contributed by atoms with van der Waals surface area (Å²) in [5.41, 5.74) is 0. The summed E-state index contributed by atoms with van der Waals surface area (Å²) in [4.78, 5) is 31.4. The summed E-state index contributed by atoms with van der Waals surface area (Å²) in [7, 11) is -3.01. The number of hydrogen-bond acceptors (Lipinski definition) is 3. The van der Waals surface area contributed by atoms with E-state index in [-0.39, 0.29) is 12.5 Å². The molecule has 1 atom stereocenters. The van der Waals surface area contributed by atoms with E-state index in [4.69, 9.17) is 15.2 Å². The van der Waals surface area contributed by atoms with Crippen molar-refractivity contribution in [2.45, 2.75) is 5.78 Å². The zero-order chi connectivity index (χ0) is 11.8. The summed E-state index contributed by atoms with van der Waals surface area (Å²) >= 11 is 0. The van der Waals surface area contributed by atoms with Gasteiger partial charge in [-0.3, -0.25) is 19.7 Å². The third kappa shape index (κ3) is 2.09. The van der Waals surface area contributed by atoms with Crippen molar-refractivity contribution in [1.29, 1.82) is 5.41 Å². The summed E-state index contributed by atoms with van der Waals surface area (Å²) in [6.45, 7) is 3.21. The van der Waals surface area contributed by atoms with Crippen LogP contribution in [0, 0.1) is 5.41 Å². The molecular formula is C7H12N3O4P. The van der Waals surface area contributed by atoms with Gasteiger partial charge in [-0.05, 0) is 0 Å². The van der Waals surface area contributed by atoms with Crippen LogP contribution < -0.4 is 0 Å². The van der Waals surface area contributed by atoms with Gasteiger partial charge in [-0.15, -0.1) is 6.58 Å². The van der Waals surface area contributed by atoms with Crippen LogP contribution >= 0.6 is 7.60 Å². The Morgan fingerprint density at radius 3 is 2.47 bits per heavy atom. The van der Waals surface area contributed by atoms with Crippen molar-refractivity contribution in [3.8, 4) is 0 Å². The molecule has 84 valence electrons. The molecule has 0 spiro atoms. The predicted octanol–water partition coefficient (Wildman–Crippen LogP) is -0.615. The molecular weight excluding hydrogens is 221 g/mol. The zero-order valence-corrected chi connectivity index (χ0v) is 9.02. The highest BCUT2D eigenvalue weighted by atomic mass is 31.2. The second-order valence-electron chi connectivity index (χ2n) is 3.18. The minimum Gasteiger partial charge on any atom is -0.336 e. The lowest BCUT2D eigenvalue weighted by Gasteiger charge is -2.25. The monoisotopic (exact) mass is 233 g/mol. The van der Waals surface area contributed by atoms with Crippen molar-refractivity contribution in [2.24, 2.45) is 0 Å². The summed E-state index contributed by atoms with van der Waals surface area (Å²) in [5.74, 6) is -2.20. The van der Waals surface area contributed by atoms with Crippen LogP contribution in [0.25, 0.3) is 0 Å². The van der Waals surface area contributed by atoms with E-state index in [2.05, 4.69) is 6.58 Å². The van der Waals surface area contributed by atoms with Crippen molar-refractivity contribution in [3.63, 3.8) is 0 Å². The van der Waals surface area contributed by atoms with Crippen LogP contribution in [-0.2, 0) is 9.36 Å². The van der Waals surface area contributed by atoms with E-state index < -0.39 is 19.3 Å². The van der Waals surface area contributed by atoms with Crippen LogP contribution in [0.2, 0.25) is 0 Å². The number of likely N-dealkylation sites (N-methyl/N-ethyl adjacent to an activating group) is 1. The average Bonchev–Trinajstić information content (AvgIpc) is 2.30. The van der Waals surface area contributed by atoms with Gasteiger partial charge in [0.15, 0.2) is 5.78 Å². The molecule has 1 saturated heterocycles. The molecule has 0 bridgehead atoms. The lowest BCUT2D eigenvalue weighted by Crippen LogP contribution is -2.39.